The SMILES string of the molecule is COc1cc(C(=O)NC2CCN(CC=C(C)C)CC2)cc(Cl)c1OCCC(C)C. The maximum Gasteiger partial charge on any atom is 0.251 e. The summed E-state index contributed by atoms with van der Waals surface area (Å²) < 4.78 is 11.2. The summed E-state index contributed by atoms with van der Waals surface area (Å²) in [4.78, 5) is 15.2. The van der Waals surface area contributed by atoms with Gasteiger partial charge in [-0.05, 0) is 51.2 Å². The van der Waals surface area contributed by atoms with Gasteiger partial charge in [-0.2, -0.15) is 0 Å². The molecule has 1 aromatic carbocycles. The molecule has 0 saturated carbocycles. The summed E-state index contributed by atoms with van der Waals surface area (Å²) in [5, 5.41) is 3.54. The summed E-state index contributed by atoms with van der Waals surface area (Å²) in [6.45, 7) is 12.0. The molecule has 2 rings (SSSR count). The Kier molecular flexibility index (Phi) is 9.31. The predicted molar refractivity (Wildman–Crippen MR) is 119 cm³/mol. The molecule has 5 nitrogen and oxygen atoms in total. The van der Waals surface area contributed by atoms with Crippen molar-refractivity contribution in [1.82, 2.24) is 10.2 Å². The topological polar surface area (TPSA) is 50.8 Å². The van der Waals surface area contributed by atoms with E-state index in [1.165, 1.54) is 5.57 Å². The van der Waals surface area contributed by atoms with Crippen LogP contribution in [0, 0.1) is 5.92 Å². The van der Waals surface area contributed by atoms with Crippen LogP contribution in [0.25, 0.3) is 0 Å². The number of hydrogen-bond acceptors (Lipinski definition) is 4. The number of ether oxygens (including phenoxy) is 2. The molecular formula is C23H35ClN2O3. The Morgan fingerprint density at radius 1 is 1.31 bits per heavy atom. The number of nitrogens with zero attached hydrogens (tertiary/aromatic N) is 1. The van der Waals surface area contributed by atoms with Gasteiger partial charge in [-0.3, -0.25) is 9.69 Å². The predicted octanol–water partition coefficient (Wildman–Crippen LogP) is 4.93. The average Bonchev–Trinajstić information content (AvgIpc) is 2.68. The minimum absolute atomic E-state index is 0.123. The van der Waals surface area contributed by atoms with Crippen molar-refractivity contribution in [2.75, 3.05) is 33.4 Å². The Morgan fingerprint density at radius 3 is 2.59 bits per heavy atom. The number of likely N-dealkylation sites (tertiary alicyclic amines) is 1. The molecule has 6 heteroatoms. The summed E-state index contributed by atoms with van der Waals surface area (Å²) in [5.74, 6) is 1.40. The van der Waals surface area contributed by atoms with Crippen LogP contribution in [0.3, 0.4) is 0 Å². The third-order valence-corrected chi connectivity index (χ3v) is 5.39. The van der Waals surface area contributed by atoms with Crippen molar-refractivity contribution in [3.05, 3.63) is 34.4 Å². The first-order valence-corrected chi connectivity index (χ1v) is 10.8. The molecule has 1 fully saturated rings. The van der Waals surface area contributed by atoms with E-state index >= 15 is 0 Å². The first-order valence-electron chi connectivity index (χ1n) is 10.5. The largest absolute Gasteiger partial charge is 0.493 e. The van der Waals surface area contributed by atoms with Crippen LogP contribution in [0.2, 0.25) is 5.02 Å². The van der Waals surface area contributed by atoms with Crippen LogP contribution < -0.4 is 14.8 Å². The van der Waals surface area contributed by atoms with E-state index in [0.29, 0.717) is 34.6 Å². The van der Waals surface area contributed by atoms with Crippen molar-refractivity contribution in [1.29, 1.82) is 0 Å². The number of hydrogen-bond donors (Lipinski definition) is 1. The third-order valence-electron chi connectivity index (χ3n) is 5.11. The third kappa shape index (κ3) is 7.56. The number of carbonyl (C=O) groups is 1. The van der Waals surface area contributed by atoms with Gasteiger partial charge in [0, 0.05) is 31.2 Å². The van der Waals surface area contributed by atoms with Gasteiger partial charge in [-0.15, -0.1) is 0 Å². The van der Waals surface area contributed by atoms with E-state index < -0.39 is 0 Å². The van der Waals surface area contributed by atoms with Crippen LogP contribution in [0.15, 0.2) is 23.8 Å². The average molecular weight is 423 g/mol. The second-order valence-corrected chi connectivity index (χ2v) is 8.76. The number of halogens is 1. The summed E-state index contributed by atoms with van der Waals surface area (Å²) in [7, 11) is 1.56. The highest BCUT2D eigenvalue weighted by atomic mass is 35.5. The lowest BCUT2D eigenvalue weighted by atomic mass is 10.0. The van der Waals surface area contributed by atoms with E-state index in [1.807, 2.05) is 0 Å². The molecule has 29 heavy (non-hydrogen) atoms. The second-order valence-electron chi connectivity index (χ2n) is 8.35. The first kappa shape index (κ1) is 23.6. The van der Waals surface area contributed by atoms with E-state index in [1.54, 1.807) is 19.2 Å². The van der Waals surface area contributed by atoms with Crippen LogP contribution in [-0.4, -0.2) is 50.2 Å². The highest BCUT2D eigenvalue weighted by molar-refractivity contribution is 6.32. The fourth-order valence-corrected chi connectivity index (χ4v) is 3.49. The molecule has 0 aliphatic carbocycles. The van der Waals surface area contributed by atoms with E-state index in [2.05, 4.69) is 44.0 Å². The normalized spacial score (nSPS) is 15.3. The number of benzene rings is 1. The lowest BCUT2D eigenvalue weighted by Crippen LogP contribution is -2.44. The molecule has 1 aromatic rings. The Bertz CT molecular complexity index is 706. The molecule has 1 heterocycles. The minimum Gasteiger partial charge on any atom is -0.493 e. The molecule has 0 spiro atoms. The van der Waals surface area contributed by atoms with Crippen LogP contribution in [0.4, 0.5) is 0 Å². The summed E-state index contributed by atoms with van der Waals surface area (Å²) in [5.41, 5.74) is 1.83. The first-order chi connectivity index (χ1) is 13.8. The van der Waals surface area contributed by atoms with Gasteiger partial charge in [0.15, 0.2) is 11.5 Å². The zero-order valence-electron chi connectivity index (χ0n) is 18.4. The monoisotopic (exact) mass is 422 g/mol. The lowest BCUT2D eigenvalue weighted by Gasteiger charge is -2.31. The molecule has 0 radical (unpaired) electrons. The Balaban J connectivity index is 1.95. The van der Waals surface area contributed by atoms with Crippen molar-refractivity contribution in [3.8, 4) is 11.5 Å². The Morgan fingerprint density at radius 2 is 2.00 bits per heavy atom. The molecule has 1 saturated heterocycles. The minimum atomic E-state index is -0.123. The summed E-state index contributed by atoms with van der Waals surface area (Å²) in [6.07, 6.45) is 5.07. The van der Waals surface area contributed by atoms with Gasteiger partial charge in [0.1, 0.15) is 0 Å². The van der Waals surface area contributed by atoms with Gasteiger partial charge in [0.2, 0.25) is 0 Å². The molecule has 0 aromatic heterocycles. The molecule has 0 unspecified atom stereocenters. The van der Waals surface area contributed by atoms with E-state index in [0.717, 1.165) is 38.9 Å². The van der Waals surface area contributed by atoms with Crippen LogP contribution in [0.1, 0.15) is 57.3 Å². The van der Waals surface area contributed by atoms with Gasteiger partial charge in [0.05, 0.1) is 18.7 Å². The fraction of sp³-hybridized carbons (Fsp3) is 0.609. The van der Waals surface area contributed by atoms with Gasteiger partial charge < -0.3 is 14.8 Å². The second kappa shape index (κ2) is 11.5. The molecule has 1 amide bonds. The molecule has 0 atom stereocenters. The summed E-state index contributed by atoms with van der Waals surface area (Å²) >= 11 is 6.40. The van der Waals surface area contributed by atoms with E-state index in [4.69, 9.17) is 21.1 Å². The van der Waals surface area contributed by atoms with Gasteiger partial charge >= 0.3 is 0 Å². The molecule has 1 N–H and O–H groups in total. The maximum absolute atomic E-state index is 12.8. The van der Waals surface area contributed by atoms with E-state index in [9.17, 15) is 4.79 Å². The highest BCUT2D eigenvalue weighted by Crippen LogP contribution is 2.36. The van der Waals surface area contributed by atoms with Crippen molar-refractivity contribution in [3.63, 3.8) is 0 Å². The fourth-order valence-electron chi connectivity index (χ4n) is 3.23. The zero-order chi connectivity index (χ0) is 21.4. The van der Waals surface area contributed by atoms with Crippen molar-refractivity contribution < 1.29 is 14.3 Å². The smallest absolute Gasteiger partial charge is 0.251 e. The van der Waals surface area contributed by atoms with E-state index in [-0.39, 0.29) is 11.9 Å². The number of piperidine rings is 1. The molecule has 0 bridgehead atoms. The van der Waals surface area contributed by atoms with Crippen molar-refractivity contribution in [2.24, 2.45) is 5.92 Å². The molecule has 162 valence electrons. The maximum atomic E-state index is 12.8. The summed E-state index contributed by atoms with van der Waals surface area (Å²) in [6, 6.07) is 3.54. The van der Waals surface area contributed by atoms with Gasteiger partial charge in [-0.1, -0.05) is 37.1 Å². The lowest BCUT2D eigenvalue weighted by molar-refractivity contribution is 0.0913. The zero-order valence-corrected chi connectivity index (χ0v) is 19.1. The van der Waals surface area contributed by atoms with Crippen molar-refractivity contribution >= 4 is 17.5 Å². The number of amides is 1. The number of carbonyl (C=O) groups excluding carboxylic acids is 1. The number of nitrogens with one attached hydrogen (secondary N) is 1. The van der Waals surface area contributed by atoms with Gasteiger partial charge in [-0.25, -0.2) is 0 Å². The number of allylic oxidation sites excluding steroid dienone is 1. The van der Waals surface area contributed by atoms with Crippen LogP contribution in [-0.2, 0) is 0 Å². The standard InChI is InChI=1S/C23H35ClN2O3/c1-16(2)6-10-26-11-7-19(8-12-26)25-23(27)18-14-20(24)22(21(15-18)28-5)29-13-9-17(3)4/h6,14-15,17,19H,7-13H2,1-5H3,(H,25,27). The Hall–Kier alpha value is -1.72. The van der Waals surface area contributed by atoms with Gasteiger partial charge in [0.25, 0.3) is 5.91 Å². The molecule has 1 aliphatic rings. The highest BCUT2D eigenvalue weighted by Gasteiger charge is 2.22. The number of methoxy groups -OCH3 is 1. The van der Waals surface area contributed by atoms with Crippen LogP contribution >= 0.6 is 11.6 Å². The van der Waals surface area contributed by atoms with Crippen molar-refractivity contribution in [2.45, 2.75) is 53.0 Å². The molecule has 1 aliphatic heterocycles. The molecular weight excluding hydrogens is 388 g/mol. The number of rotatable bonds is 9. The quantitative estimate of drug-likeness (QED) is 0.573. The van der Waals surface area contributed by atoms with Crippen LogP contribution in [0.5, 0.6) is 11.5 Å². The Labute approximate surface area is 180 Å².